The minimum absolute atomic E-state index is 0.0859. The first kappa shape index (κ1) is 11.0. The molecule has 15 heavy (non-hydrogen) atoms. The Morgan fingerprint density at radius 3 is 2.40 bits per heavy atom. The number of hydrogen-bond donors (Lipinski definition) is 0. The van der Waals surface area contributed by atoms with Gasteiger partial charge in [-0.05, 0) is 32.1 Å². The number of rotatable bonds is 1. The van der Waals surface area contributed by atoms with Crippen LogP contribution in [0.5, 0.6) is 0 Å². The summed E-state index contributed by atoms with van der Waals surface area (Å²) in [5.41, 5.74) is 1.99. The second-order valence-electron chi connectivity index (χ2n) is 3.30. The van der Waals surface area contributed by atoms with E-state index in [1.807, 2.05) is 13.8 Å². The van der Waals surface area contributed by atoms with Gasteiger partial charge in [-0.1, -0.05) is 17.4 Å². The van der Waals surface area contributed by atoms with Crippen LogP contribution < -0.4 is 0 Å². The lowest BCUT2D eigenvalue weighted by Gasteiger charge is -1.90. The number of hydrogen-bond acceptors (Lipinski definition) is 2. The molecule has 0 aliphatic rings. The largest absolute Gasteiger partial charge is 0.269 e. The van der Waals surface area contributed by atoms with E-state index in [0.717, 1.165) is 11.1 Å². The highest BCUT2D eigenvalue weighted by molar-refractivity contribution is 5.42. The lowest BCUT2D eigenvalue weighted by molar-refractivity contribution is -0.384. The normalized spacial score (nSPS) is 8.67. The SMILES string of the molecule is CC(C)=CC#Cc1ccc([N+](=O)[O-])cc1. The molecule has 76 valence electrons. The van der Waals surface area contributed by atoms with Crippen molar-refractivity contribution in [2.45, 2.75) is 13.8 Å². The predicted octanol–water partition coefficient (Wildman–Crippen LogP) is 2.91. The van der Waals surface area contributed by atoms with Gasteiger partial charge >= 0.3 is 0 Å². The van der Waals surface area contributed by atoms with Gasteiger partial charge in [-0.2, -0.15) is 0 Å². The van der Waals surface area contributed by atoms with E-state index in [1.54, 1.807) is 18.2 Å². The van der Waals surface area contributed by atoms with Crippen molar-refractivity contribution < 1.29 is 4.92 Å². The Labute approximate surface area is 88.6 Å². The van der Waals surface area contributed by atoms with Crippen LogP contribution in [0.4, 0.5) is 5.69 Å². The van der Waals surface area contributed by atoms with E-state index >= 15 is 0 Å². The third-order valence-corrected chi connectivity index (χ3v) is 1.66. The zero-order chi connectivity index (χ0) is 11.3. The number of non-ortho nitro benzene ring substituents is 1. The van der Waals surface area contributed by atoms with E-state index in [9.17, 15) is 10.1 Å². The first-order valence-corrected chi connectivity index (χ1v) is 4.49. The number of nitro groups is 1. The van der Waals surface area contributed by atoms with E-state index in [-0.39, 0.29) is 5.69 Å². The van der Waals surface area contributed by atoms with Crippen molar-refractivity contribution in [2.24, 2.45) is 0 Å². The van der Waals surface area contributed by atoms with Crippen molar-refractivity contribution in [1.29, 1.82) is 0 Å². The third kappa shape index (κ3) is 3.65. The molecule has 0 aromatic heterocycles. The standard InChI is InChI=1S/C12H11NO2/c1-10(2)4-3-5-11-6-8-12(9-7-11)13(14)15/h4,6-9H,1-2H3. The fourth-order valence-electron chi connectivity index (χ4n) is 0.930. The molecule has 0 aliphatic carbocycles. The Kier molecular flexibility index (Phi) is 3.64. The van der Waals surface area contributed by atoms with Crippen LogP contribution in [-0.4, -0.2) is 4.92 Å². The lowest BCUT2D eigenvalue weighted by Crippen LogP contribution is -1.86. The molecule has 0 amide bonds. The summed E-state index contributed by atoms with van der Waals surface area (Å²) in [6.45, 7) is 3.93. The Morgan fingerprint density at radius 2 is 1.93 bits per heavy atom. The summed E-state index contributed by atoms with van der Waals surface area (Å²) >= 11 is 0. The summed E-state index contributed by atoms with van der Waals surface area (Å²) in [6.07, 6.45) is 1.81. The van der Waals surface area contributed by atoms with Gasteiger partial charge in [0.05, 0.1) is 4.92 Å². The van der Waals surface area contributed by atoms with Crippen LogP contribution >= 0.6 is 0 Å². The molecule has 0 spiro atoms. The van der Waals surface area contributed by atoms with Crippen LogP contribution in [-0.2, 0) is 0 Å². The molecule has 0 fully saturated rings. The maximum atomic E-state index is 10.4. The van der Waals surface area contributed by atoms with E-state index in [4.69, 9.17) is 0 Å². The Hall–Kier alpha value is -2.08. The third-order valence-electron chi connectivity index (χ3n) is 1.66. The minimum atomic E-state index is -0.423. The molecule has 1 rings (SSSR count). The number of nitro benzene ring substituents is 1. The molecule has 0 aliphatic heterocycles. The second kappa shape index (κ2) is 4.97. The van der Waals surface area contributed by atoms with Gasteiger partial charge in [-0.25, -0.2) is 0 Å². The van der Waals surface area contributed by atoms with E-state index in [2.05, 4.69) is 11.8 Å². The molecular formula is C12H11NO2. The van der Waals surface area contributed by atoms with Crippen molar-refractivity contribution in [2.75, 3.05) is 0 Å². The summed E-state index contributed by atoms with van der Waals surface area (Å²) in [5.74, 6) is 5.76. The zero-order valence-corrected chi connectivity index (χ0v) is 8.65. The van der Waals surface area contributed by atoms with Crippen molar-refractivity contribution >= 4 is 5.69 Å². The number of benzene rings is 1. The summed E-state index contributed by atoms with van der Waals surface area (Å²) < 4.78 is 0. The van der Waals surface area contributed by atoms with Gasteiger partial charge in [0.1, 0.15) is 0 Å². The Bertz CT molecular complexity index is 443. The minimum Gasteiger partial charge on any atom is -0.258 e. The van der Waals surface area contributed by atoms with Crippen LogP contribution in [0.25, 0.3) is 0 Å². The fourth-order valence-corrected chi connectivity index (χ4v) is 0.930. The monoisotopic (exact) mass is 201 g/mol. The van der Waals surface area contributed by atoms with Gasteiger partial charge in [0.2, 0.25) is 0 Å². The molecule has 3 heteroatoms. The Morgan fingerprint density at radius 1 is 1.33 bits per heavy atom. The highest BCUT2D eigenvalue weighted by Gasteiger charge is 2.01. The molecular weight excluding hydrogens is 190 g/mol. The first-order chi connectivity index (χ1) is 7.09. The number of nitrogens with zero attached hydrogens (tertiary/aromatic N) is 1. The quantitative estimate of drug-likeness (QED) is 0.398. The summed E-state index contributed by atoms with van der Waals surface area (Å²) in [5, 5.41) is 10.4. The van der Waals surface area contributed by atoms with E-state index in [1.165, 1.54) is 12.1 Å². The van der Waals surface area contributed by atoms with Gasteiger partial charge in [-0.15, -0.1) is 0 Å². The molecule has 0 N–H and O–H groups in total. The molecule has 1 aromatic rings. The van der Waals surface area contributed by atoms with Gasteiger partial charge in [0, 0.05) is 17.7 Å². The van der Waals surface area contributed by atoms with Crippen LogP contribution in [0.15, 0.2) is 35.9 Å². The fraction of sp³-hybridized carbons (Fsp3) is 0.167. The van der Waals surface area contributed by atoms with Gasteiger partial charge < -0.3 is 0 Å². The van der Waals surface area contributed by atoms with Gasteiger partial charge in [0.15, 0.2) is 0 Å². The summed E-state index contributed by atoms with van der Waals surface area (Å²) in [6, 6.07) is 6.19. The molecule has 0 heterocycles. The summed E-state index contributed by atoms with van der Waals surface area (Å²) in [7, 11) is 0. The average molecular weight is 201 g/mol. The molecule has 0 saturated carbocycles. The summed E-state index contributed by atoms with van der Waals surface area (Å²) in [4.78, 5) is 9.95. The van der Waals surface area contributed by atoms with Crippen molar-refractivity contribution in [3.05, 3.63) is 51.6 Å². The highest BCUT2D eigenvalue weighted by atomic mass is 16.6. The zero-order valence-electron chi connectivity index (χ0n) is 8.65. The first-order valence-electron chi connectivity index (χ1n) is 4.49. The second-order valence-corrected chi connectivity index (χ2v) is 3.30. The molecule has 0 atom stereocenters. The van der Waals surface area contributed by atoms with Crippen LogP contribution in [0, 0.1) is 22.0 Å². The lowest BCUT2D eigenvalue weighted by atomic mass is 10.2. The molecule has 0 unspecified atom stereocenters. The van der Waals surface area contributed by atoms with Crippen molar-refractivity contribution in [3.8, 4) is 11.8 Å². The Balaban J connectivity index is 2.84. The smallest absolute Gasteiger partial charge is 0.258 e. The van der Waals surface area contributed by atoms with Crippen LogP contribution in [0.1, 0.15) is 19.4 Å². The molecule has 0 saturated heterocycles. The highest BCUT2D eigenvalue weighted by Crippen LogP contribution is 2.10. The molecule has 3 nitrogen and oxygen atoms in total. The molecule has 0 radical (unpaired) electrons. The maximum Gasteiger partial charge on any atom is 0.269 e. The van der Waals surface area contributed by atoms with Crippen LogP contribution in [0.3, 0.4) is 0 Å². The van der Waals surface area contributed by atoms with E-state index in [0.29, 0.717) is 0 Å². The van der Waals surface area contributed by atoms with Gasteiger partial charge in [-0.3, -0.25) is 10.1 Å². The molecule has 1 aromatic carbocycles. The number of allylic oxidation sites excluding steroid dienone is 2. The van der Waals surface area contributed by atoms with Crippen LogP contribution in [0.2, 0.25) is 0 Å². The molecule has 0 bridgehead atoms. The maximum absolute atomic E-state index is 10.4. The van der Waals surface area contributed by atoms with E-state index < -0.39 is 4.92 Å². The van der Waals surface area contributed by atoms with Crippen molar-refractivity contribution in [1.82, 2.24) is 0 Å². The topological polar surface area (TPSA) is 43.1 Å². The van der Waals surface area contributed by atoms with Gasteiger partial charge in [0.25, 0.3) is 5.69 Å². The van der Waals surface area contributed by atoms with Crippen molar-refractivity contribution in [3.63, 3.8) is 0 Å². The predicted molar refractivity (Wildman–Crippen MR) is 59.4 cm³/mol. The average Bonchev–Trinajstić information content (AvgIpc) is 2.18.